The molecule has 2 fully saturated rings. The molecule has 0 aromatic heterocycles. The van der Waals surface area contributed by atoms with Gasteiger partial charge in [-0.05, 0) is 18.6 Å². The molecule has 0 radical (unpaired) electrons. The summed E-state index contributed by atoms with van der Waals surface area (Å²) in [4.78, 5) is 111. The molecule has 3 rings (SSSR count). The van der Waals surface area contributed by atoms with E-state index in [0.717, 1.165) is 67.5 Å². The van der Waals surface area contributed by atoms with Crippen molar-refractivity contribution in [2.45, 2.75) is 130 Å². The second-order valence-electron chi connectivity index (χ2n) is 13.3. The van der Waals surface area contributed by atoms with Crippen molar-refractivity contribution >= 4 is 53.7 Å². The third kappa shape index (κ3) is 14.5. The number of carbonyl (C=O) groups excluding carboxylic acids is 9. The number of hydrogen-bond acceptors (Lipinski definition) is 23. The molecule has 61 heavy (non-hydrogen) atoms. The van der Waals surface area contributed by atoms with Crippen LogP contribution in [0.25, 0.3) is 0 Å². The Bertz CT molecular complexity index is 1810. The van der Waals surface area contributed by atoms with Gasteiger partial charge in [-0.1, -0.05) is 6.92 Å². The highest BCUT2D eigenvalue weighted by atomic mass is 16.8. The average molecular weight is 873 g/mol. The van der Waals surface area contributed by atoms with E-state index in [0.29, 0.717) is 6.42 Å². The maximum Gasteiger partial charge on any atom is 0.338 e. The standard InChI is InChI=1S/C38H48O23/c1-10-11-49-36(48)24-12-25(47)29(61-38-35(57-23(9)46)33(55-21(7)44)31(53-19(5)42)28(60-38)15-51-17(3)40)26(13-24)58-37-34(56-22(8)45)32(54-20(6)43)30(52-18(4)41)27(59-37)14-50-16(2)39/h12-13,27-28,30-35,37-38,47H,10-11,14-15H2,1-9H3/t27-,28-,30+,31+,32+,33+,34-,35-,37?,38?/m1/s1. The van der Waals surface area contributed by atoms with E-state index in [2.05, 4.69) is 0 Å². The SMILES string of the molecule is CCCOC(=O)c1cc(O)c(OC2O[C@H](COC(C)=O)[C@H](OC(C)=O)[C@H](OC(C)=O)[C@H]2OC(C)=O)c(OC2O[C@H](COC(C)=O)[C@H](OC(C)=O)[C@H](OC(C)=O)[C@H]2OC(C)=O)c1. The van der Waals surface area contributed by atoms with Crippen molar-refractivity contribution < 1.29 is 110 Å². The molecular weight excluding hydrogens is 824 g/mol. The summed E-state index contributed by atoms with van der Waals surface area (Å²) in [5.41, 5.74) is -0.361. The van der Waals surface area contributed by atoms with Crippen molar-refractivity contribution in [3.63, 3.8) is 0 Å². The fraction of sp³-hybridized carbons (Fsp3) is 0.605. The van der Waals surface area contributed by atoms with E-state index in [-0.39, 0.29) is 12.2 Å². The van der Waals surface area contributed by atoms with E-state index >= 15 is 0 Å². The van der Waals surface area contributed by atoms with Crippen LogP contribution in [0.4, 0.5) is 0 Å². The summed E-state index contributed by atoms with van der Waals surface area (Å²) in [6.45, 7) is 8.43. The number of hydrogen-bond donors (Lipinski definition) is 1. The Morgan fingerprint density at radius 1 is 0.508 bits per heavy atom. The Labute approximate surface area is 348 Å². The summed E-state index contributed by atoms with van der Waals surface area (Å²) in [5.74, 6) is -10.6. The zero-order valence-corrected chi connectivity index (χ0v) is 34.7. The van der Waals surface area contributed by atoms with Gasteiger partial charge in [-0.3, -0.25) is 38.4 Å². The lowest BCUT2D eigenvalue weighted by Crippen LogP contribution is -2.64. The van der Waals surface area contributed by atoms with Gasteiger partial charge in [0, 0.05) is 55.4 Å². The predicted molar refractivity (Wildman–Crippen MR) is 194 cm³/mol. The molecule has 2 aliphatic rings. The van der Waals surface area contributed by atoms with E-state index in [1.807, 2.05) is 0 Å². The third-order valence-corrected chi connectivity index (χ3v) is 8.08. The van der Waals surface area contributed by atoms with Gasteiger partial charge in [0.15, 0.2) is 35.9 Å². The highest BCUT2D eigenvalue weighted by molar-refractivity contribution is 5.91. The second-order valence-corrected chi connectivity index (χ2v) is 13.3. The summed E-state index contributed by atoms with van der Waals surface area (Å²) in [6.07, 6.45) is -16.8. The van der Waals surface area contributed by atoms with Crippen LogP contribution in [0.15, 0.2) is 12.1 Å². The van der Waals surface area contributed by atoms with Crippen LogP contribution < -0.4 is 9.47 Å². The minimum Gasteiger partial charge on any atom is -0.504 e. The number of benzene rings is 1. The average Bonchev–Trinajstić information content (AvgIpc) is 3.13. The third-order valence-electron chi connectivity index (χ3n) is 8.08. The summed E-state index contributed by atoms with van der Waals surface area (Å²) in [5, 5.41) is 11.5. The summed E-state index contributed by atoms with van der Waals surface area (Å²) in [7, 11) is 0. The smallest absolute Gasteiger partial charge is 0.338 e. The zero-order valence-electron chi connectivity index (χ0n) is 34.7. The zero-order chi connectivity index (χ0) is 45.7. The van der Waals surface area contributed by atoms with E-state index in [1.54, 1.807) is 6.92 Å². The normalized spacial score (nSPS) is 25.6. The van der Waals surface area contributed by atoms with Crippen molar-refractivity contribution in [2.24, 2.45) is 0 Å². The Kier molecular flexibility index (Phi) is 18.0. The summed E-state index contributed by atoms with van der Waals surface area (Å²) in [6, 6.07) is 1.87. The molecule has 0 amide bonds. The lowest BCUT2D eigenvalue weighted by molar-refractivity contribution is -0.292. The molecule has 2 saturated heterocycles. The van der Waals surface area contributed by atoms with Gasteiger partial charge in [0.1, 0.15) is 25.4 Å². The number of phenols is 1. The Hall–Kier alpha value is -6.23. The first-order valence-electron chi connectivity index (χ1n) is 18.6. The molecule has 23 heteroatoms. The lowest BCUT2D eigenvalue weighted by Gasteiger charge is -2.44. The molecule has 1 aromatic rings. The van der Waals surface area contributed by atoms with Crippen LogP contribution in [-0.2, 0) is 90.5 Å². The number of rotatable bonds is 17. The Morgan fingerprint density at radius 2 is 0.885 bits per heavy atom. The Balaban J connectivity index is 2.30. The highest BCUT2D eigenvalue weighted by Gasteiger charge is 2.55. The van der Waals surface area contributed by atoms with Crippen LogP contribution in [0.5, 0.6) is 17.2 Å². The molecular formula is C38H48O23. The molecule has 0 spiro atoms. The second kappa shape index (κ2) is 22.4. The Morgan fingerprint density at radius 3 is 1.26 bits per heavy atom. The van der Waals surface area contributed by atoms with Gasteiger partial charge in [0.2, 0.25) is 30.5 Å². The van der Waals surface area contributed by atoms with Crippen molar-refractivity contribution in [2.75, 3.05) is 19.8 Å². The van der Waals surface area contributed by atoms with Crippen LogP contribution in [0.1, 0.15) is 79.1 Å². The van der Waals surface area contributed by atoms with Gasteiger partial charge in [-0.2, -0.15) is 0 Å². The number of aromatic hydroxyl groups is 1. The summed E-state index contributed by atoms with van der Waals surface area (Å²) < 4.78 is 72.3. The molecule has 2 unspecified atom stereocenters. The first-order chi connectivity index (χ1) is 28.6. The lowest BCUT2D eigenvalue weighted by atomic mass is 9.98. The maximum atomic E-state index is 13.1. The maximum absolute atomic E-state index is 13.1. The van der Waals surface area contributed by atoms with Crippen molar-refractivity contribution in [3.05, 3.63) is 17.7 Å². The summed E-state index contributed by atoms with van der Waals surface area (Å²) >= 11 is 0. The van der Waals surface area contributed by atoms with Crippen molar-refractivity contribution in [1.29, 1.82) is 0 Å². The van der Waals surface area contributed by atoms with Crippen LogP contribution >= 0.6 is 0 Å². The van der Waals surface area contributed by atoms with E-state index in [4.69, 9.17) is 61.6 Å². The molecule has 2 aliphatic heterocycles. The molecule has 10 atom stereocenters. The number of phenolic OH excluding ortho intramolecular Hbond substituents is 1. The molecule has 0 aliphatic carbocycles. The first kappa shape index (κ1) is 49.1. The van der Waals surface area contributed by atoms with Gasteiger partial charge >= 0.3 is 53.7 Å². The van der Waals surface area contributed by atoms with Crippen LogP contribution in [0.2, 0.25) is 0 Å². The molecule has 0 saturated carbocycles. The van der Waals surface area contributed by atoms with Gasteiger partial charge in [-0.25, -0.2) is 4.79 Å². The molecule has 23 nitrogen and oxygen atoms in total. The van der Waals surface area contributed by atoms with Crippen LogP contribution in [0.3, 0.4) is 0 Å². The molecule has 1 N–H and O–H groups in total. The van der Waals surface area contributed by atoms with E-state index in [1.165, 1.54) is 0 Å². The number of ether oxygens (including phenoxy) is 13. The quantitative estimate of drug-likeness (QED) is 0.168. The fourth-order valence-corrected chi connectivity index (χ4v) is 6.00. The molecule has 2 heterocycles. The van der Waals surface area contributed by atoms with Gasteiger partial charge in [-0.15, -0.1) is 0 Å². The van der Waals surface area contributed by atoms with Crippen LogP contribution in [0, 0.1) is 0 Å². The first-order valence-corrected chi connectivity index (χ1v) is 18.6. The number of esters is 9. The van der Waals surface area contributed by atoms with Gasteiger partial charge in [0.05, 0.1) is 12.2 Å². The highest BCUT2D eigenvalue weighted by Crippen LogP contribution is 2.43. The van der Waals surface area contributed by atoms with Crippen molar-refractivity contribution in [1.82, 2.24) is 0 Å². The predicted octanol–water partition coefficient (Wildman–Crippen LogP) is 0.883. The van der Waals surface area contributed by atoms with Crippen LogP contribution in [-0.4, -0.2) is 140 Å². The topological polar surface area (TPSA) is 294 Å². The molecule has 1 aromatic carbocycles. The molecule has 0 bridgehead atoms. The molecule has 338 valence electrons. The van der Waals surface area contributed by atoms with E-state index in [9.17, 15) is 48.3 Å². The minimum absolute atomic E-state index is 0.0571. The largest absolute Gasteiger partial charge is 0.504 e. The van der Waals surface area contributed by atoms with E-state index < -0.39 is 146 Å². The monoisotopic (exact) mass is 872 g/mol. The van der Waals surface area contributed by atoms with Gasteiger partial charge in [0.25, 0.3) is 0 Å². The van der Waals surface area contributed by atoms with Crippen molar-refractivity contribution in [3.8, 4) is 17.2 Å². The number of carbonyl (C=O) groups is 9. The minimum atomic E-state index is -1.97. The van der Waals surface area contributed by atoms with Gasteiger partial charge < -0.3 is 66.7 Å². The fourth-order valence-electron chi connectivity index (χ4n) is 6.00.